The van der Waals surface area contributed by atoms with Crippen LogP contribution in [0.1, 0.15) is 39.2 Å². The number of nitrogens with one attached hydrogen (secondary N) is 1. The summed E-state index contributed by atoms with van der Waals surface area (Å²) >= 11 is 0. The van der Waals surface area contributed by atoms with Crippen molar-refractivity contribution in [1.82, 2.24) is 15.1 Å². The van der Waals surface area contributed by atoms with Gasteiger partial charge in [0.2, 0.25) is 0 Å². The van der Waals surface area contributed by atoms with Gasteiger partial charge in [0.1, 0.15) is 0 Å². The maximum absolute atomic E-state index is 4.28. The molecule has 1 aliphatic rings. The van der Waals surface area contributed by atoms with Crippen molar-refractivity contribution in [2.24, 2.45) is 11.3 Å². The van der Waals surface area contributed by atoms with Crippen LogP contribution in [-0.2, 0) is 13.1 Å². The molecular formula is C13H23N3. The molecule has 0 unspecified atom stereocenters. The Hall–Kier alpha value is -0.830. The lowest BCUT2D eigenvalue weighted by molar-refractivity contribution is 0.338. The minimum Gasteiger partial charge on any atom is -0.312 e. The smallest absolute Gasteiger partial charge is 0.0534 e. The summed E-state index contributed by atoms with van der Waals surface area (Å²) in [7, 11) is 0. The number of nitrogens with zero attached hydrogens (tertiary/aromatic N) is 2. The molecule has 0 radical (unpaired) electrons. The topological polar surface area (TPSA) is 29.9 Å². The van der Waals surface area contributed by atoms with Gasteiger partial charge in [-0.1, -0.05) is 13.8 Å². The highest BCUT2D eigenvalue weighted by atomic mass is 15.3. The highest BCUT2D eigenvalue weighted by Crippen LogP contribution is 2.51. The van der Waals surface area contributed by atoms with Gasteiger partial charge < -0.3 is 5.32 Å². The number of rotatable bonds is 6. The van der Waals surface area contributed by atoms with Crippen LogP contribution in [0.3, 0.4) is 0 Å². The molecule has 1 saturated carbocycles. The lowest BCUT2D eigenvalue weighted by Gasteiger charge is -2.19. The third-order valence-electron chi connectivity index (χ3n) is 3.93. The molecule has 1 fully saturated rings. The molecule has 1 aromatic rings. The molecule has 0 aromatic carbocycles. The number of hydrogen-bond donors (Lipinski definition) is 1. The van der Waals surface area contributed by atoms with Crippen LogP contribution in [0, 0.1) is 11.3 Å². The Labute approximate surface area is 98.2 Å². The monoisotopic (exact) mass is 221 g/mol. The summed E-state index contributed by atoms with van der Waals surface area (Å²) < 4.78 is 1.98. The van der Waals surface area contributed by atoms with Crippen molar-refractivity contribution in [3.63, 3.8) is 0 Å². The Bertz CT molecular complexity index is 337. The quantitative estimate of drug-likeness (QED) is 0.799. The molecule has 90 valence electrons. The molecule has 1 aromatic heterocycles. The molecule has 1 N–H and O–H groups in total. The Morgan fingerprint density at radius 2 is 2.25 bits per heavy atom. The van der Waals surface area contributed by atoms with Crippen molar-refractivity contribution in [3.8, 4) is 0 Å². The predicted molar refractivity (Wildman–Crippen MR) is 66.1 cm³/mol. The lowest BCUT2D eigenvalue weighted by atomic mass is 9.92. The minimum atomic E-state index is 0.598. The van der Waals surface area contributed by atoms with E-state index in [9.17, 15) is 0 Å². The lowest BCUT2D eigenvalue weighted by Crippen LogP contribution is -2.27. The van der Waals surface area contributed by atoms with E-state index in [1.807, 2.05) is 10.9 Å². The molecule has 0 bridgehead atoms. The van der Waals surface area contributed by atoms with Crippen LogP contribution in [0.5, 0.6) is 0 Å². The standard InChI is InChI=1S/C13H23N3/c1-4-16-9-12(8-15-16)7-14-10-13(5-6-13)11(2)3/h8-9,11,14H,4-7,10H2,1-3H3. The van der Waals surface area contributed by atoms with E-state index >= 15 is 0 Å². The second-order valence-electron chi connectivity index (χ2n) is 5.32. The van der Waals surface area contributed by atoms with Gasteiger partial charge in [0.15, 0.2) is 0 Å². The van der Waals surface area contributed by atoms with Crippen molar-refractivity contribution in [3.05, 3.63) is 18.0 Å². The fourth-order valence-corrected chi connectivity index (χ4v) is 2.25. The van der Waals surface area contributed by atoms with E-state index in [-0.39, 0.29) is 0 Å². The van der Waals surface area contributed by atoms with Gasteiger partial charge in [-0.05, 0) is 31.1 Å². The predicted octanol–water partition coefficient (Wildman–Crippen LogP) is 2.43. The first-order chi connectivity index (χ1) is 7.66. The molecule has 3 nitrogen and oxygen atoms in total. The van der Waals surface area contributed by atoms with E-state index in [1.54, 1.807) is 0 Å². The normalized spacial score (nSPS) is 18.0. The summed E-state index contributed by atoms with van der Waals surface area (Å²) in [5, 5.41) is 7.85. The van der Waals surface area contributed by atoms with Gasteiger partial charge in [-0.15, -0.1) is 0 Å². The fraction of sp³-hybridized carbons (Fsp3) is 0.769. The SMILES string of the molecule is CCn1cc(CNCC2(C(C)C)CC2)cn1. The summed E-state index contributed by atoms with van der Waals surface area (Å²) in [5.74, 6) is 0.804. The zero-order chi connectivity index (χ0) is 11.6. The third kappa shape index (κ3) is 2.46. The summed E-state index contributed by atoms with van der Waals surface area (Å²) in [4.78, 5) is 0. The van der Waals surface area contributed by atoms with Gasteiger partial charge in [0, 0.05) is 31.4 Å². The molecule has 1 aliphatic carbocycles. The van der Waals surface area contributed by atoms with Crippen molar-refractivity contribution in [2.45, 2.75) is 46.7 Å². The number of hydrogen-bond acceptors (Lipinski definition) is 2. The average molecular weight is 221 g/mol. The zero-order valence-corrected chi connectivity index (χ0v) is 10.7. The van der Waals surface area contributed by atoms with Crippen LogP contribution in [0.25, 0.3) is 0 Å². The summed E-state index contributed by atoms with van der Waals surface area (Å²) in [5.41, 5.74) is 1.89. The zero-order valence-electron chi connectivity index (χ0n) is 10.7. The number of aromatic nitrogens is 2. The summed E-state index contributed by atoms with van der Waals surface area (Å²) in [6.45, 7) is 9.85. The van der Waals surface area contributed by atoms with E-state index in [0.717, 1.165) is 25.6 Å². The van der Waals surface area contributed by atoms with Gasteiger partial charge in [-0.25, -0.2) is 0 Å². The third-order valence-corrected chi connectivity index (χ3v) is 3.93. The first kappa shape index (κ1) is 11.6. The van der Waals surface area contributed by atoms with Crippen LogP contribution in [0.2, 0.25) is 0 Å². The molecule has 1 heterocycles. The Morgan fingerprint density at radius 1 is 1.50 bits per heavy atom. The van der Waals surface area contributed by atoms with Gasteiger partial charge in [0.05, 0.1) is 6.20 Å². The Morgan fingerprint density at radius 3 is 2.75 bits per heavy atom. The Balaban J connectivity index is 1.76. The van der Waals surface area contributed by atoms with Crippen molar-refractivity contribution in [1.29, 1.82) is 0 Å². The van der Waals surface area contributed by atoms with Crippen LogP contribution in [-0.4, -0.2) is 16.3 Å². The van der Waals surface area contributed by atoms with Crippen molar-refractivity contribution in [2.75, 3.05) is 6.54 Å². The van der Waals surface area contributed by atoms with Crippen molar-refractivity contribution < 1.29 is 0 Å². The van der Waals surface area contributed by atoms with Crippen LogP contribution < -0.4 is 5.32 Å². The molecule has 0 atom stereocenters. The second kappa shape index (κ2) is 4.58. The molecule has 0 saturated heterocycles. The molecule has 2 rings (SSSR count). The average Bonchev–Trinajstić information content (AvgIpc) is 2.91. The molecule has 0 spiro atoms. The minimum absolute atomic E-state index is 0.598. The van der Waals surface area contributed by atoms with Gasteiger partial charge in [0.25, 0.3) is 0 Å². The van der Waals surface area contributed by atoms with E-state index in [0.29, 0.717) is 5.41 Å². The first-order valence-corrected chi connectivity index (χ1v) is 6.38. The molecule has 3 heteroatoms. The fourth-order valence-electron chi connectivity index (χ4n) is 2.25. The molecule has 0 aliphatic heterocycles. The highest BCUT2D eigenvalue weighted by molar-refractivity contribution is 5.04. The largest absolute Gasteiger partial charge is 0.312 e. The van der Waals surface area contributed by atoms with E-state index in [4.69, 9.17) is 0 Å². The van der Waals surface area contributed by atoms with Gasteiger partial charge in [-0.2, -0.15) is 5.10 Å². The van der Waals surface area contributed by atoms with Crippen molar-refractivity contribution >= 4 is 0 Å². The van der Waals surface area contributed by atoms with Gasteiger partial charge in [-0.3, -0.25) is 4.68 Å². The second-order valence-corrected chi connectivity index (χ2v) is 5.32. The van der Waals surface area contributed by atoms with Crippen LogP contribution >= 0.6 is 0 Å². The maximum Gasteiger partial charge on any atom is 0.0534 e. The summed E-state index contributed by atoms with van der Waals surface area (Å²) in [6.07, 6.45) is 6.88. The highest BCUT2D eigenvalue weighted by Gasteiger charge is 2.44. The van der Waals surface area contributed by atoms with Crippen LogP contribution in [0.4, 0.5) is 0 Å². The molecular weight excluding hydrogens is 198 g/mol. The number of aryl methyl sites for hydroxylation is 1. The Kier molecular flexibility index (Phi) is 3.33. The summed E-state index contributed by atoms with van der Waals surface area (Å²) in [6, 6.07) is 0. The van der Waals surface area contributed by atoms with E-state index < -0.39 is 0 Å². The first-order valence-electron chi connectivity index (χ1n) is 6.38. The van der Waals surface area contributed by atoms with E-state index in [2.05, 4.69) is 37.4 Å². The maximum atomic E-state index is 4.28. The van der Waals surface area contributed by atoms with E-state index in [1.165, 1.54) is 18.4 Å². The van der Waals surface area contributed by atoms with Crippen LogP contribution in [0.15, 0.2) is 12.4 Å². The molecule has 0 amide bonds. The molecule has 16 heavy (non-hydrogen) atoms. The van der Waals surface area contributed by atoms with Gasteiger partial charge >= 0.3 is 0 Å².